The molecule has 1 aromatic rings. The van der Waals surface area contributed by atoms with Crippen LogP contribution in [0.1, 0.15) is 43.2 Å². The van der Waals surface area contributed by atoms with Crippen LogP contribution in [0.15, 0.2) is 36.9 Å². The van der Waals surface area contributed by atoms with Crippen LogP contribution in [0.3, 0.4) is 0 Å². The molecule has 1 fully saturated rings. The van der Waals surface area contributed by atoms with Crippen molar-refractivity contribution in [3.63, 3.8) is 0 Å². The van der Waals surface area contributed by atoms with Crippen molar-refractivity contribution in [3.8, 4) is 0 Å². The van der Waals surface area contributed by atoms with Gasteiger partial charge < -0.3 is 5.73 Å². The van der Waals surface area contributed by atoms with Crippen molar-refractivity contribution < 1.29 is 9.59 Å². The molecule has 1 aliphatic rings. The summed E-state index contributed by atoms with van der Waals surface area (Å²) >= 11 is 0. The summed E-state index contributed by atoms with van der Waals surface area (Å²) in [6.45, 7) is 4.02. The molecule has 0 aromatic heterocycles. The van der Waals surface area contributed by atoms with Crippen molar-refractivity contribution in [2.24, 2.45) is 17.6 Å². The van der Waals surface area contributed by atoms with E-state index in [9.17, 15) is 9.59 Å². The van der Waals surface area contributed by atoms with Crippen LogP contribution < -0.4 is 5.73 Å². The summed E-state index contributed by atoms with van der Waals surface area (Å²) in [7, 11) is 0. The quantitative estimate of drug-likeness (QED) is 0.786. The Hall–Kier alpha value is -1.74. The highest BCUT2D eigenvalue weighted by Gasteiger charge is 2.26. The van der Waals surface area contributed by atoms with Gasteiger partial charge in [-0.05, 0) is 48.8 Å². The Kier molecular flexibility index (Phi) is 6.08. The molecular weight excluding hydrogens is 274 g/mol. The van der Waals surface area contributed by atoms with E-state index in [4.69, 9.17) is 5.73 Å². The highest BCUT2D eigenvalue weighted by molar-refractivity contribution is 5.89. The molecule has 0 aliphatic heterocycles. The number of carbonyl (C=O) groups is 2. The predicted molar refractivity (Wildman–Crippen MR) is 88.3 cm³/mol. The second-order valence-corrected chi connectivity index (χ2v) is 6.26. The van der Waals surface area contributed by atoms with Gasteiger partial charge in [0.05, 0.1) is 0 Å². The lowest BCUT2D eigenvalue weighted by Gasteiger charge is -2.27. The van der Waals surface area contributed by atoms with Crippen LogP contribution in [0.5, 0.6) is 0 Å². The third-order valence-corrected chi connectivity index (χ3v) is 4.63. The number of carbonyl (C=O) groups excluding carboxylic acids is 2. The normalized spacial score (nSPS) is 21.3. The first-order valence-electron chi connectivity index (χ1n) is 8.08. The number of benzene rings is 1. The summed E-state index contributed by atoms with van der Waals surface area (Å²) in [5, 5.41) is 0. The summed E-state index contributed by atoms with van der Waals surface area (Å²) in [5.74, 6) is 1.02. The number of rotatable bonds is 7. The lowest BCUT2D eigenvalue weighted by molar-refractivity contribution is -0.123. The number of Topliss-reactive ketones (excluding diaryl/α,β-unsaturated/α-hetero) is 1. The molecule has 1 saturated carbocycles. The van der Waals surface area contributed by atoms with Gasteiger partial charge in [0.1, 0.15) is 5.78 Å². The van der Waals surface area contributed by atoms with Crippen molar-refractivity contribution in [2.75, 3.05) is 0 Å². The van der Waals surface area contributed by atoms with E-state index in [2.05, 4.69) is 6.58 Å². The lowest BCUT2D eigenvalue weighted by Crippen LogP contribution is -2.24. The molecule has 1 aromatic carbocycles. The monoisotopic (exact) mass is 299 g/mol. The molecule has 1 aliphatic carbocycles. The van der Waals surface area contributed by atoms with Gasteiger partial charge in [-0.1, -0.05) is 30.8 Å². The van der Waals surface area contributed by atoms with Crippen molar-refractivity contribution in [1.82, 2.24) is 0 Å². The van der Waals surface area contributed by atoms with E-state index < -0.39 is 0 Å². The van der Waals surface area contributed by atoms with Gasteiger partial charge in [0, 0.05) is 25.3 Å². The minimum atomic E-state index is 0.119. The van der Waals surface area contributed by atoms with Crippen LogP contribution in [0.4, 0.5) is 0 Å². The molecule has 0 spiro atoms. The minimum absolute atomic E-state index is 0.119. The van der Waals surface area contributed by atoms with E-state index in [0.29, 0.717) is 31.1 Å². The number of hydrogen-bond donors (Lipinski definition) is 1. The minimum Gasteiger partial charge on any atom is -0.326 e. The maximum absolute atomic E-state index is 12.4. The summed E-state index contributed by atoms with van der Waals surface area (Å²) in [6, 6.07) is 7.95. The fourth-order valence-corrected chi connectivity index (χ4v) is 3.27. The number of ketones is 2. The fraction of sp³-hybridized carbons (Fsp3) is 0.474. The Balaban J connectivity index is 1.84. The summed E-state index contributed by atoms with van der Waals surface area (Å²) in [6.07, 6.45) is 6.24. The molecule has 118 valence electrons. The molecule has 2 rings (SSSR count). The summed E-state index contributed by atoms with van der Waals surface area (Å²) < 4.78 is 0. The van der Waals surface area contributed by atoms with Crippen molar-refractivity contribution in [2.45, 2.75) is 45.1 Å². The molecule has 2 N–H and O–H groups in total. The number of hydrogen-bond acceptors (Lipinski definition) is 3. The molecule has 0 saturated heterocycles. The first-order chi connectivity index (χ1) is 10.6. The second kappa shape index (κ2) is 8.04. The van der Waals surface area contributed by atoms with Crippen LogP contribution in [0.25, 0.3) is 0 Å². The van der Waals surface area contributed by atoms with E-state index >= 15 is 0 Å². The van der Waals surface area contributed by atoms with Crippen molar-refractivity contribution >= 4 is 11.6 Å². The average Bonchev–Trinajstić information content (AvgIpc) is 2.55. The number of nitrogens with two attached hydrogens (primary N) is 1. The van der Waals surface area contributed by atoms with Gasteiger partial charge in [-0.25, -0.2) is 0 Å². The van der Waals surface area contributed by atoms with Gasteiger partial charge in [0.2, 0.25) is 0 Å². The summed E-state index contributed by atoms with van der Waals surface area (Å²) in [4.78, 5) is 23.8. The second-order valence-electron chi connectivity index (χ2n) is 6.26. The van der Waals surface area contributed by atoms with Crippen LogP contribution in [-0.2, 0) is 22.6 Å². The fourth-order valence-electron chi connectivity index (χ4n) is 3.27. The molecule has 0 heterocycles. The largest absolute Gasteiger partial charge is 0.326 e. The Morgan fingerprint density at radius 1 is 1.18 bits per heavy atom. The third-order valence-electron chi connectivity index (χ3n) is 4.63. The molecular formula is C19H25NO2. The van der Waals surface area contributed by atoms with E-state index in [0.717, 1.165) is 36.8 Å². The van der Waals surface area contributed by atoms with Crippen molar-refractivity contribution in [1.29, 1.82) is 0 Å². The first-order valence-corrected chi connectivity index (χ1v) is 8.08. The average molecular weight is 299 g/mol. The zero-order valence-corrected chi connectivity index (χ0v) is 13.1. The smallest absolute Gasteiger partial charge is 0.155 e. The SMILES string of the molecule is C=CC(=O)CC1CCC(C(=O)Cc2cccc(CN)c2)CC1. The zero-order valence-electron chi connectivity index (χ0n) is 13.1. The number of allylic oxidation sites excluding steroid dienone is 1. The van der Waals surface area contributed by atoms with Gasteiger partial charge in [-0.2, -0.15) is 0 Å². The van der Waals surface area contributed by atoms with Gasteiger partial charge in [0.15, 0.2) is 5.78 Å². The van der Waals surface area contributed by atoms with Gasteiger partial charge >= 0.3 is 0 Å². The molecule has 0 amide bonds. The summed E-state index contributed by atoms with van der Waals surface area (Å²) in [5.41, 5.74) is 7.76. The Morgan fingerprint density at radius 3 is 2.50 bits per heavy atom. The Bertz CT molecular complexity index is 542. The Morgan fingerprint density at radius 2 is 1.86 bits per heavy atom. The van der Waals surface area contributed by atoms with E-state index in [1.807, 2.05) is 24.3 Å². The molecule has 0 bridgehead atoms. The Labute approximate surface area is 132 Å². The highest BCUT2D eigenvalue weighted by atomic mass is 16.1. The van der Waals surface area contributed by atoms with Crippen molar-refractivity contribution in [3.05, 3.63) is 48.0 Å². The maximum Gasteiger partial charge on any atom is 0.155 e. The first kappa shape index (κ1) is 16.6. The maximum atomic E-state index is 12.4. The predicted octanol–water partition coefficient (Wildman–Crippen LogP) is 3.21. The van der Waals surface area contributed by atoms with E-state index in [1.165, 1.54) is 6.08 Å². The molecule has 0 unspecified atom stereocenters. The van der Waals surface area contributed by atoms with Gasteiger partial charge in [-0.15, -0.1) is 0 Å². The third kappa shape index (κ3) is 4.63. The topological polar surface area (TPSA) is 60.2 Å². The van der Waals surface area contributed by atoms with Crippen LogP contribution in [0.2, 0.25) is 0 Å². The van der Waals surface area contributed by atoms with Crippen LogP contribution in [-0.4, -0.2) is 11.6 Å². The van der Waals surface area contributed by atoms with Crippen LogP contribution in [0, 0.1) is 11.8 Å². The van der Waals surface area contributed by atoms with Gasteiger partial charge in [0.25, 0.3) is 0 Å². The molecule has 3 heteroatoms. The van der Waals surface area contributed by atoms with E-state index in [1.54, 1.807) is 0 Å². The molecule has 0 atom stereocenters. The lowest BCUT2D eigenvalue weighted by atomic mass is 9.77. The van der Waals surface area contributed by atoms with Gasteiger partial charge in [-0.3, -0.25) is 9.59 Å². The zero-order chi connectivity index (χ0) is 15.9. The van der Waals surface area contributed by atoms with Crippen LogP contribution >= 0.6 is 0 Å². The molecule has 3 nitrogen and oxygen atoms in total. The molecule has 22 heavy (non-hydrogen) atoms. The highest BCUT2D eigenvalue weighted by Crippen LogP contribution is 2.32. The van der Waals surface area contributed by atoms with E-state index in [-0.39, 0.29) is 11.7 Å². The standard InChI is InChI=1S/C19H25NO2/c1-2-18(21)11-14-6-8-17(9-7-14)19(22)12-15-4-3-5-16(10-15)13-20/h2-5,10,14,17H,1,6-9,11-13,20H2. The molecule has 0 radical (unpaired) electrons.